The number of carbonyl (C=O) groups is 2. The van der Waals surface area contributed by atoms with Crippen LogP contribution in [-0.2, 0) is 9.59 Å². The van der Waals surface area contributed by atoms with Gasteiger partial charge in [-0.2, -0.15) is 0 Å². The van der Waals surface area contributed by atoms with Gasteiger partial charge in [0.2, 0.25) is 5.91 Å². The van der Waals surface area contributed by atoms with E-state index in [-0.39, 0.29) is 23.8 Å². The number of amides is 2. The number of rotatable bonds is 4. The normalized spacial score (nSPS) is 23.3. The lowest BCUT2D eigenvalue weighted by Gasteiger charge is -2.31. The van der Waals surface area contributed by atoms with E-state index in [4.69, 9.17) is 17.3 Å². The zero-order valence-electron chi connectivity index (χ0n) is 12.1. The van der Waals surface area contributed by atoms with Crippen LogP contribution in [0.25, 0.3) is 0 Å². The number of carbonyl (C=O) groups excluding carboxylic acids is 2. The molecule has 0 bridgehead atoms. The largest absolute Gasteiger partial charge is 0.369 e. The topological polar surface area (TPSA) is 76.6 Å². The fraction of sp³-hybridized carbons (Fsp3) is 0.467. The molecule has 0 radical (unpaired) electrons. The summed E-state index contributed by atoms with van der Waals surface area (Å²) in [5.41, 5.74) is 6.06. The molecule has 2 rings (SSSR count). The maximum absolute atomic E-state index is 12.3. The number of halogens is 1. The molecule has 21 heavy (non-hydrogen) atoms. The second-order valence-corrected chi connectivity index (χ2v) is 6.01. The number of hydrogen-bond acceptors (Lipinski definition) is 2. The van der Waals surface area contributed by atoms with Crippen LogP contribution in [-0.4, -0.2) is 30.9 Å². The fourth-order valence-corrected chi connectivity index (χ4v) is 2.92. The number of likely N-dealkylation sites (tertiary alicyclic amines) is 1. The summed E-state index contributed by atoms with van der Waals surface area (Å²) in [4.78, 5) is 24.7. The van der Waals surface area contributed by atoms with Crippen molar-refractivity contribution in [2.24, 2.45) is 11.7 Å². The lowest BCUT2D eigenvalue weighted by Crippen LogP contribution is -3.18. The first-order valence-corrected chi connectivity index (χ1v) is 7.55. The van der Waals surface area contributed by atoms with Gasteiger partial charge in [0.25, 0.3) is 5.91 Å². The molecule has 1 aliphatic heterocycles. The van der Waals surface area contributed by atoms with Gasteiger partial charge in [-0.15, -0.1) is 0 Å². The van der Waals surface area contributed by atoms with E-state index in [0.29, 0.717) is 17.3 Å². The van der Waals surface area contributed by atoms with E-state index >= 15 is 0 Å². The first-order valence-electron chi connectivity index (χ1n) is 7.17. The predicted octanol–water partition coefficient (Wildman–Crippen LogP) is 0.447. The second-order valence-electron chi connectivity index (χ2n) is 5.58. The summed E-state index contributed by atoms with van der Waals surface area (Å²) in [5.74, 6) is -0.470. The van der Waals surface area contributed by atoms with Gasteiger partial charge in [-0.05, 0) is 38.0 Å². The summed E-state index contributed by atoms with van der Waals surface area (Å²) in [7, 11) is 0. The highest BCUT2D eigenvalue weighted by Gasteiger charge is 2.33. The van der Waals surface area contributed by atoms with Crippen LogP contribution in [0.3, 0.4) is 0 Å². The number of primary amides is 1. The third kappa shape index (κ3) is 4.19. The molecule has 0 saturated carbocycles. The van der Waals surface area contributed by atoms with Crippen molar-refractivity contribution in [3.63, 3.8) is 0 Å². The van der Waals surface area contributed by atoms with Gasteiger partial charge in [0.05, 0.1) is 19.0 Å². The molecule has 1 saturated heterocycles. The average molecular weight is 311 g/mol. The molecule has 114 valence electrons. The number of nitrogens with one attached hydrogen (secondary N) is 2. The first kappa shape index (κ1) is 15.8. The molecule has 0 spiro atoms. The van der Waals surface area contributed by atoms with Crippen molar-refractivity contribution in [3.8, 4) is 0 Å². The molecule has 1 fully saturated rings. The molecule has 0 aromatic heterocycles. The Bertz CT molecular complexity index is 535. The van der Waals surface area contributed by atoms with Crippen LogP contribution >= 0.6 is 11.6 Å². The Morgan fingerprint density at radius 3 is 2.90 bits per heavy atom. The molecule has 3 atom stereocenters. The van der Waals surface area contributed by atoms with E-state index in [0.717, 1.165) is 24.3 Å². The van der Waals surface area contributed by atoms with Crippen LogP contribution in [0.15, 0.2) is 24.3 Å². The van der Waals surface area contributed by atoms with Crippen LogP contribution in [0.4, 0.5) is 5.69 Å². The number of hydrogen-bond donors (Lipinski definition) is 3. The zero-order valence-corrected chi connectivity index (χ0v) is 12.8. The molecule has 1 aliphatic rings. The van der Waals surface area contributed by atoms with E-state index in [9.17, 15) is 9.59 Å². The monoisotopic (exact) mass is 310 g/mol. The van der Waals surface area contributed by atoms with Crippen LogP contribution in [0.1, 0.15) is 19.8 Å². The average Bonchev–Trinajstić information content (AvgIpc) is 2.46. The van der Waals surface area contributed by atoms with Gasteiger partial charge < -0.3 is 16.0 Å². The fourth-order valence-electron chi connectivity index (χ4n) is 2.73. The Hall–Kier alpha value is -1.59. The summed E-state index contributed by atoms with van der Waals surface area (Å²) in [5, 5.41) is 3.45. The van der Waals surface area contributed by atoms with Gasteiger partial charge in [-0.1, -0.05) is 17.7 Å². The molecular weight excluding hydrogens is 290 g/mol. The Balaban J connectivity index is 1.97. The van der Waals surface area contributed by atoms with Gasteiger partial charge in [0.15, 0.2) is 6.04 Å². The number of anilines is 1. The van der Waals surface area contributed by atoms with Crippen LogP contribution < -0.4 is 16.0 Å². The van der Waals surface area contributed by atoms with Gasteiger partial charge in [-0.3, -0.25) is 9.59 Å². The van der Waals surface area contributed by atoms with Crippen molar-refractivity contribution in [1.29, 1.82) is 0 Å². The standard InChI is InChI=1S/C15H20ClN3O2/c1-10(19-7-3-4-11(9-19)14(17)20)15(21)18-13-6-2-5-12(16)8-13/h2,5-6,8,10-11H,3-4,7,9H2,1H3,(H2,17,20)(H,18,21)/p+1/t10-,11-/m0/s1. The molecule has 2 amide bonds. The number of piperidine rings is 1. The number of nitrogens with two attached hydrogens (primary N) is 1. The van der Waals surface area contributed by atoms with Crippen molar-refractivity contribution in [2.45, 2.75) is 25.8 Å². The minimum absolute atomic E-state index is 0.0719. The maximum Gasteiger partial charge on any atom is 0.282 e. The zero-order chi connectivity index (χ0) is 15.4. The SMILES string of the molecule is C[C@@H](C(=O)Nc1cccc(Cl)c1)[NH+]1CCC[C@H](C(N)=O)C1. The lowest BCUT2D eigenvalue weighted by molar-refractivity contribution is -0.921. The van der Waals surface area contributed by atoms with Crippen molar-refractivity contribution in [2.75, 3.05) is 18.4 Å². The molecular formula is C15H21ClN3O2+. The molecule has 6 heteroatoms. The molecule has 1 aromatic rings. The first-order chi connectivity index (χ1) is 9.97. The Morgan fingerprint density at radius 1 is 1.48 bits per heavy atom. The smallest absolute Gasteiger partial charge is 0.282 e. The summed E-state index contributed by atoms with van der Waals surface area (Å²) < 4.78 is 0. The van der Waals surface area contributed by atoms with E-state index in [2.05, 4.69) is 5.32 Å². The Labute approximate surface area is 129 Å². The Morgan fingerprint density at radius 2 is 2.24 bits per heavy atom. The minimum Gasteiger partial charge on any atom is -0.369 e. The predicted molar refractivity (Wildman–Crippen MR) is 82.2 cm³/mol. The van der Waals surface area contributed by atoms with E-state index in [1.54, 1.807) is 24.3 Å². The van der Waals surface area contributed by atoms with E-state index in [1.165, 1.54) is 0 Å². The Kier molecular flexibility index (Phi) is 5.20. The molecule has 1 heterocycles. The molecule has 4 N–H and O–H groups in total. The highest BCUT2D eigenvalue weighted by atomic mass is 35.5. The van der Waals surface area contributed by atoms with E-state index in [1.807, 2.05) is 6.92 Å². The third-order valence-corrected chi connectivity index (χ3v) is 4.29. The number of benzene rings is 1. The van der Waals surface area contributed by atoms with Crippen molar-refractivity contribution in [1.82, 2.24) is 0 Å². The van der Waals surface area contributed by atoms with Gasteiger partial charge in [0.1, 0.15) is 0 Å². The van der Waals surface area contributed by atoms with Gasteiger partial charge >= 0.3 is 0 Å². The second kappa shape index (κ2) is 6.91. The maximum atomic E-state index is 12.3. The summed E-state index contributed by atoms with van der Waals surface area (Å²) in [6, 6.07) is 6.83. The number of quaternary nitrogens is 1. The quantitative estimate of drug-likeness (QED) is 0.755. The van der Waals surface area contributed by atoms with E-state index < -0.39 is 0 Å². The molecule has 5 nitrogen and oxygen atoms in total. The summed E-state index contributed by atoms with van der Waals surface area (Å²) in [6.45, 7) is 3.38. The lowest BCUT2D eigenvalue weighted by atomic mass is 9.96. The highest BCUT2D eigenvalue weighted by Crippen LogP contribution is 2.15. The van der Waals surface area contributed by atoms with Gasteiger partial charge in [0, 0.05) is 10.7 Å². The molecule has 1 aromatic carbocycles. The van der Waals surface area contributed by atoms with Crippen LogP contribution in [0.5, 0.6) is 0 Å². The van der Waals surface area contributed by atoms with Crippen molar-refractivity contribution >= 4 is 29.1 Å². The molecule has 1 unspecified atom stereocenters. The third-order valence-electron chi connectivity index (χ3n) is 4.06. The van der Waals surface area contributed by atoms with Crippen molar-refractivity contribution < 1.29 is 14.5 Å². The minimum atomic E-state index is -0.269. The van der Waals surface area contributed by atoms with Crippen molar-refractivity contribution in [3.05, 3.63) is 29.3 Å². The van der Waals surface area contributed by atoms with Crippen LogP contribution in [0.2, 0.25) is 5.02 Å². The highest BCUT2D eigenvalue weighted by molar-refractivity contribution is 6.30. The summed E-state index contributed by atoms with van der Waals surface area (Å²) >= 11 is 5.90. The van der Waals surface area contributed by atoms with Gasteiger partial charge in [-0.25, -0.2) is 0 Å². The summed E-state index contributed by atoms with van der Waals surface area (Å²) in [6.07, 6.45) is 1.74. The van der Waals surface area contributed by atoms with Crippen LogP contribution in [0, 0.1) is 5.92 Å². The molecule has 0 aliphatic carbocycles.